The number of nitrogens with zero attached hydrogens (tertiary/aromatic N) is 2. The molecule has 0 fully saturated rings. The average Bonchev–Trinajstić information content (AvgIpc) is 2.70. The number of nitrogens with two attached hydrogens (primary N) is 1. The molecule has 1 rings (SSSR count). The third-order valence-corrected chi connectivity index (χ3v) is 3.86. The van der Waals surface area contributed by atoms with Gasteiger partial charge in [0.25, 0.3) is 0 Å². The van der Waals surface area contributed by atoms with Crippen LogP contribution in [0.5, 0.6) is 5.75 Å². The Kier molecular flexibility index (Phi) is 5.75. The molecular weight excluding hydrogens is 248 g/mol. The van der Waals surface area contributed by atoms with Crippen molar-refractivity contribution in [3.8, 4) is 11.8 Å². The number of ether oxygens (including phenoxy) is 1. The number of rotatable bonds is 7. The molecule has 0 spiro atoms. The lowest BCUT2D eigenvalue weighted by Gasteiger charge is -2.18. The van der Waals surface area contributed by atoms with Crippen molar-refractivity contribution >= 4 is 22.0 Å². The van der Waals surface area contributed by atoms with Crippen molar-refractivity contribution in [3.05, 3.63) is 4.88 Å². The van der Waals surface area contributed by atoms with E-state index in [0.717, 1.165) is 31.2 Å². The van der Waals surface area contributed by atoms with Gasteiger partial charge in [0.2, 0.25) is 0 Å². The molecule has 1 aromatic rings. The van der Waals surface area contributed by atoms with E-state index < -0.39 is 0 Å². The predicted molar refractivity (Wildman–Crippen MR) is 76.3 cm³/mol. The zero-order valence-corrected chi connectivity index (χ0v) is 11.9. The number of hydrogen-bond acceptors (Lipinski definition) is 6. The second-order valence-corrected chi connectivity index (χ2v) is 4.79. The maximum atomic E-state index is 8.93. The van der Waals surface area contributed by atoms with E-state index in [1.807, 2.05) is 0 Å². The summed E-state index contributed by atoms with van der Waals surface area (Å²) in [4.78, 5) is 2.82. The summed E-state index contributed by atoms with van der Waals surface area (Å²) in [5.41, 5.74) is 6.25. The number of hydrogen-bond donors (Lipinski definition) is 2. The average molecular weight is 268 g/mol. The van der Waals surface area contributed by atoms with E-state index in [4.69, 9.17) is 15.7 Å². The molecule has 0 aliphatic heterocycles. The lowest BCUT2D eigenvalue weighted by molar-refractivity contribution is 0.316. The lowest BCUT2D eigenvalue weighted by Crippen LogP contribution is -2.28. The Labute approximate surface area is 112 Å². The molecule has 0 amide bonds. The molecule has 1 aromatic heterocycles. The number of anilines is 2. The van der Waals surface area contributed by atoms with E-state index in [9.17, 15) is 0 Å². The highest BCUT2D eigenvalue weighted by molar-refractivity contribution is 7.17. The fraction of sp³-hybridized carbons (Fsp3) is 0.583. The van der Waals surface area contributed by atoms with Crippen LogP contribution in [0.1, 0.15) is 18.7 Å². The van der Waals surface area contributed by atoms with Crippen LogP contribution < -0.4 is 15.8 Å². The molecule has 6 heteroatoms. The zero-order valence-electron chi connectivity index (χ0n) is 11.1. The SMILES string of the molecule is CCN(CC)CCNc1sc(C#N)c(N)c1OC. The Bertz CT molecular complexity index is 420. The topological polar surface area (TPSA) is 74.3 Å². The molecule has 0 atom stereocenters. The third kappa shape index (κ3) is 3.28. The van der Waals surface area contributed by atoms with E-state index in [1.165, 1.54) is 11.3 Å². The van der Waals surface area contributed by atoms with Crippen molar-refractivity contribution in [1.29, 1.82) is 5.26 Å². The van der Waals surface area contributed by atoms with Gasteiger partial charge in [-0.3, -0.25) is 0 Å². The summed E-state index contributed by atoms with van der Waals surface area (Å²) >= 11 is 1.34. The van der Waals surface area contributed by atoms with Crippen LogP contribution in [0.4, 0.5) is 10.7 Å². The lowest BCUT2D eigenvalue weighted by atomic mass is 10.4. The molecule has 18 heavy (non-hydrogen) atoms. The first-order valence-corrected chi connectivity index (χ1v) is 6.82. The highest BCUT2D eigenvalue weighted by Crippen LogP contribution is 2.41. The zero-order chi connectivity index (χ0) is 13.5. The van der Waals surface area contributed by atoms with Crippen molar-refractivity contribution in [2.75, 3.05) is 44.3 Å². The fourth-order valence-electron chi connectivity index (χ4n) is 1.70. The Morgan fingerprint density at radius 2 is 2.11 bits per heavy atom. The first kappa shape index (κ1) is 14.6. The van der Waals surface area contributed by atoms with Crippen molar-refractivity contribution < 1.29 is 4.74 Å². The minimum atomic E-state index is 0.426. The monoisotopic (exact) mass is 268 g/mol. The maximum Gasteiger partial charge on any atom is 0.177 e. The molecule has 1 heterocycles. The van der Waals surface area contributed by atoms with Crippen LogP contribution in [-0.2, 0) is 0 Å². The number of nitriles is 1. The van der Waals surface area contributed by atoms with Gasteiger partial charge in [-0.1, -0.05) is 13.8 Å². The summed E-state index contributed by atoms with van der Waals surface area (Å²) in [5, 5.41) is 13.0. The van der Waals surface area contributed by atoms with Gasteiger partial charge in [0, 0.05) is 13.1 Å². The van der Waals surface area contributed by atoms with Crippen molar-refractivity contribution in [1.82, 2.24) is 4.90 Å². The van der Waals surface area contributed by atoms with Gasteiger partial charge in [-0.25, -0.2) is 0 Å². The number of nitrogen functional groups attached to an aromatic ring is 1. The Morgan fingerprint density at radius 1 is 1.44 bits per heavy atom. The summed E-state index contributed by atoms with van der Waals surface area (Å²) in [5.74, 6) is 0.580. The molecule has 0 saturated heterocycles. The number of likely N-dealkylation sites (N-methyl/N-ethyl adjacent to an activating group) is 1. The van der Waals surface area contributed by atoms with Gasteiger partial charge < -0.3 is 20.7 Å². The summed E-state index contributed by atoms with van der Waals surface area (Å²) < 4.78 is 5.23. The van der Waals surface area contributed by atoms with Crippen molar-refractivity contribution in [2.24, 2.45) is 0 Å². The number of nitrogens with one attached hydrogen (secondary N) is 1. The second kappa shape index (κ2) is 7.09. The molecule has 100 valence electrons. The fourth-order valence-corrected chi connectivity index (χ4v) is 2.61. The van der Waals surface area contributed by atoms with Crippen LogP contribution in [-0.4, -0.2) is 38.2 Å². The quantitative estimate of drug-likeness (QED) is 0.791. The Morgan fingerprint density at radius 3 is 2.61 bits per heavy atom. The first-order chi connectivity index (χ1) is 8.67. The van der Waals surface area contributed by atoms with E-state index >= 15 is 0 Å². The highest BCUT2D eigenvalue weighted by Gasteiger charge is 2.16. The van der Waals surface area contributed by atoms with Gasteiger partial charge in [0.1, 0.15) is 21.6 Å². The maximum absolute atomic E-state index is 8.93. The predicted octanol–water partition coefficient (Wildman–Crippen LogP) is 1.96. The smallest absolute Gasteiger partial charge is 0.177 e. The van der Waals surface area contributed by atoms with Crippen LogP contribution in [0, 0.1) is 11.3 Å². The van der Waals surface area contributed by atoms with Gasteiger partial charge in [0.05, 0.1) is 7.11 Å². The van der Waals surface area contributed by atoms with E-state index in [0.29, 0.717) is 16.3 Å². The third-order valence-electron chi connectivity index (χ3n) is 2.81. The molecule has 0 aliphatic rings. The highest BCUT2D eigenvalue weighted by atomic mass is 32.1. The molecule has 3 N–H and O–H groups in total. The molecular formula is C12H20N4OS. The molecule has 0 radical (unpaired) electrons. The van der Waals surface area contributed by atoms with Crippen LogP contribution in [0.3, 0.4) is 0 Å². The van der Waals surface area contributed by atoms with Crippen LogP contribution in [0.2, 0.25) is 0 Å². The summed E-state index contributed by atoms with van der Waals surface area (Å²) in [6.45, 7) is 8.11. The van der Waals surface area contributed by atoms with E-state index in [1.54, 1.807) is 7.11 Å². The number of thiophene rings is 1. The Hall–Kier alpha value is -1.45. The number of methoxy groups -OCH3 is 1. The van der Waals surface area contributed by atoms with Gasteiger partial charge >= 0.3 is 0 Å². The molecule has 0 aliphatic carbocycles. The Balaban J connectivity index is 2.65. The van der Waals surface area contributed by atoms with Crippen LogP contribution in [0.25, 0.3) is 0 Å². The van der Waals surface area contributed by atoms with E-state index in [-0.39, 0.29) is 0 Å². The molecule has 0 bridgehead atoms. The largest absolute Gasteiger partial charge is 0.492 e. The van der Waals surface area contributed by atoms with Crippen LogP contribution in [0.15, 0.2) is 0 Å². The normalized spacial score (nSPS) is 10.4. The van der Waals surface area contributed by atoms with Gasteiger partial charge in [-0.15, -0.1) is 11.3 Å². The summed E-state index contributed by atoms with van der Waals surface area (Å²) in [7, 11) is 1.56. The van der Waals surface area contributed by atoms with Gasteiger partial charge in [-0.2, -0.15) is 5.26 Å². The first-order valence-electron chi connectivity index (χ1n) is 6.00. The minimum absolute atomic E-state index is 0.426. The molecule has 0 saturated carbocycles. The summed E-state index contributed by atoms with van der Waals surface area (Å²) in [6, 6.07) is 2.07. The van der Waals surface area contributed by atoms with Gasteiger partial charge in [-0.05, 0) is 13.1 Å². The standard InChI is InChI=1S/C12H20N4OS/c1-4-16(5-2)7-6-15-12-11(17-3)10(14)9(8-13)18-12/h15H,4-7,14H2,1-3H3. The molecule has 0 unspecified atom stereocenters. The molecule has 5 nitrogen and oxygen atoms in total. The molecule has 0 aromatic carbocycles. The second-order valence-electron chi connectivity index (χ2n) is 3.77. The van der Waals surface area contributed by atoms with Crippen molar-refractivity contribution in [3.63, 3.8) is 0 Å². The summed E-state index contributed by atoms with van der Waals surface area (Å²) in [6.07, 6.45) is 0. The van der Waals surface area contributed by atoms with Crippen molar-refractivity contribution in [2.45, 2.75) is 13.8 Å². The van der Waals surface area contributed by atoms with Gasteiger partial charge in [0.15, 0.2) is 5.75 Å². The van der Waals surface area contributed by atoms with E-state index in [2.05, 4.69) is 30.1 Å². The van der Waals surface area contributed by atoms with Crippen LogP contribution >= 0.6 is 11.3 Å². The minimum Gasteiger partial charge on any atom is -0.492 e.